The number of imidazole rings is 1. The molecule has 0 bridgehead atoms. The Balaban J connectivity index is 2.37. The highest BCUT2D eigenvalue weighted by molar-refractivity contribution is 5.89. The van der Waals surface area contributed by atoms with Gasteiger partial charge in [-0.05, 0) is 19.4 Å². The van der Waals surface area contributed by atoms with Crippen molar-refractivity contribution >= 4 is 11.7 Å². The van der Waals surface area contributed by atoms with E-state index in [0.29, 0.717) is 0 Å². The van der Waals surface area contributed by atoms with Crippen LogP contribution in [-0.4, -0.2) is 15.3 Å². The van der Waals surface area contributed by atoms with Crippen molar-refractivity contribution in [3.8, 4) is 12.1 Å². The summed E-state index contributed by atoms with van der Waals surface area (Å²) >= 11 is 0. The predicted octanol–water partition coefficient (Wildman–Crippen LogP) is 1.76. The second kappa shape index (κ2) is 5.71. The van der Waals surface area contributed by atoms with Gasteiger partial charge >= 0.3 is 0 Å². The fourth-order valence-corrected chi connectivity index (χ4v) is 2.18. The highest BCUT2D eigenvalue weighted by atomic mass is 16.1. The zero-order chi connectivity index (χ0) is 16.3. The third kappa shape index (κ3) is 2.55. The molecule has 0 amide bonds. The van der Waals surface area contributed by atoms with Gasteiger partial charge in [-0.1, -0.05) is 30.3 Å². The zero-order valence-electron chi connectivity index (χ0n) is 12.4. The van der Waals surface area contributed by atoms with Crippen molar-refractivity contribution in [1.82, 2.24) is 9.55 Å². The number of nitrogens with zero attached hydrogens (tertiary/aromatic N) is 4. The van der Waals surface area contributed by atoms with E-state index in [1.807, 2.05) is 50.2 Å². The number of benzene rings is 1. The van der Waals surface area contributed by atoms with Crippen LogP contribution in [0.1, 0.15) is 30.8 Å². The molecule has 2 aromatic rings. The van der Waals surface area contributed by atoms with Crippen molar-refractivity contribution in [3.05, 3.63) is 47.3 Å². The molecule has 110 valence electrons. The normalized spacial score (nSPS) is 10.7. The summed E-state index contributed by atoms with van der Waals surface area (Å²) in [6.07, 6.45) is 0. The molecule has 0 saturated heterocycles. The molecule has 1 aromatic carbocycles. The molecular weight excluding hydrogens is 278 g/mol. The number of nitrogens with two attached hydrogens (primary N) is 1. The summed E-state index contributed by atoms with van der Waals surface area (Å²) in [4.78, 5) is 16.5. The van der Waals surface area contributed by atoms with Crippen LogP contribution in [0.4, 0.5) is 5.95 Å². The number of hydrogen-bond acceptors (Lipinski definition) is 5. The van der Waals surface area contributed by atoms with Gasteiger partial charge in [0.25, 0.3) is 0 Å². The zero-order valence-corrected chi connectivity index (χ0v) is 12.4. The molecule has 0 aliphatic rings. The first-order chi connectivity index (χ1) is 10.4. The molecule has 1 heterocycles. The number of nitriles is 2. The molecule has 2 N–H and O–H groups in total. The van der Waals surface area contributed by atoms with Gasteiger partial charge in [0.2, 0.25) is 5.95 Å². The summed E-state index contributed by atoms with van der Waals surface area (Å²) in [5, 5.41) is 18.1. The maximum absolute atomic E-state index is 12.7. The summed E-state index contributed by atoms with van der Waals surface area (Å²) in [5.41, 5.74) is 5.80. The highest BCUT2D eigenvalue weighted by Gasteiger charge is 2.31. The van der Waals surface area contributed by atoms with E-state index in [9.17, 15) is 4.79 Å². The second-order valence-corrected chi connectivity index (χ2v) is 5.39. The lowest BCUT2D eigenvalue weighted by Gasteiger charge is -2.24. The lowest BCUT2D eigenvalue weighted by molar-refractivity contribution is -0.124. The second-order valence-electron chi connectivity index (χ2n) is 5.39. The van der Waals surface area contributed by atoms with Crippen molar-refractivity contribution in [2.75, 3.05) is 5.73 Å². The van der Waals surface area contributed by atoms with Gasteiger partial charge in [-0.25, -0.2) is 4.98 Å². The quantitative estimate of drug-likeness (QED) is 0.923. The Labute approximate surface area is 128 Å². The third-order valence-electron chi connectivity index (χ3n) is 3.70. The number of carbonyl (C=O) groups is 1. The van der Waals surface area contributed by atoms with Crippen LogP contribution >= 0.6 is 0 Å². The molecule has 6 nitrogen and oxygen atoms in total. The first-order valence-electron chi connectivity index (χ1n) is 6.66. The molecule has 0 saturated carbocycles. The van der Waals surface area contributed by atoms with E-state index >= 15 is 0 Å². The number of rotatable bonds is 4. The van der Waals surface area contributed by atoms with E-state index < -0.39 is 5.41 Å². The molecule has 0 spiro atoms. The molecule has 0 unspecified atom stereocenters. The lowest BCUT2D eigenvalue weighted by Crippen LogP contribution is -2.33. The monoisotopic (exact) mass is 293 g/mol. The molecular formula is C16H15N5O. The number of carbonyl (C=O) groups excluding carboxylic acids is 1. The van der Waals surface area contributed by atoms with Crippen molar-refractivity contribution in [3.63, 3.8) is 0 Å². The summed E-state index contributed by atoms with van der Waals surface area (Å²) in [6.45, 7) is 3.52. The van der Waals surface area contributed by atoms with Gasteiger partial charge in [-0.3, -0.25) is 9.36 Å². The van der Waals surface area contributed by atoms with Crippen LogP contribution in [0, 0.1) is 22.7 Å². The first kappa shape index (κ1) is 15.3. The highest BCUT2D eigenvalue weighted by Crippen LogP contribution is 2.25. The van der Waals surface area contributed by atoms with Crippen LogP contribution in [-0.2, 0) is 16.8 Å². The van der Waals surface area contributed by atoms with Gasteiger partial charge in [0, 0.05) is 0 Å². The predicted molar refractivity (Wildman–Crippen MR) is 80.5 cm³/mol. The average molecular weight is 293 g/mol. The van der Waals surface area contributed by atoms with Crippen LogP contribution < -0.4 is 5.73 Å². The van der Waals surface area contributed by atoms with E-state index in [2.05, 4.69) is 4.98 Å². The Morgan fingerprint density at radius 3 is 2.45 bits per heavy atom. The van der Waals surface area contributed by atoms with Crippen molar-refractivity contribution in [2.45, 2.75) is 25.8 Å². The number of aromatic nitrogens is 2. The van der Waals surface area contributed by atoms with Gasteiger partial charge in [0.15, 0.2) is 17.2 Å². The smallest absolute Gasteiger partial charge is 0.202 e. The fourth-order valence-electron chi connectivity index (χ4n) is 2.18. The van der Waals surface area contributed by atoms with Crippen molar-refractivity contribution in [1.29, 1.82) is 10.5 Å². The summed E-state index contributed by atoms with van der Waals surface area (Å²) in [5.74, 6) is -0.130. The van der Waals surface area contributed by atoms with E-state index in [4.69, 9.17) is 16.3 Å². The van der Waals surface area contributed by atoms with Crippen LogP contribution in [0.25, 0.3) is 0 Å². The average Bonchev–Trinajstić information content (AvgIpc) is 2.83. The van der Waals surface area contributed by atoms with Crippen LogP contribution in [0.15, 0.2) is 30.3 Å². The Morgan fingerprint density at radius 2 is 1.91 bits per heavy atom. The minimum Gasteiger partial charge on any atom is -0.369 e. The van der Waals surface area contributed by atoms with Gasteiger partial charge in [0.1, 0.15) is 12.1 Å². The van der Waals surface area contributed by atoms with E-state index in [0.717, 1.165) is 5.56 Å². The van der Waals surface area contributed by atoms with Crippen molar-refractivity contribution in [2.24, 2.45) is 0 Å². The minimum absolute atomic E-state index is 0.00897. The molecule has 0 fully saturated rings. The van der Waals surface area contributed by atoms with Gasteiger partial charge in [-0.2, -0.15) is 10.5 Å². The fraction of sp³-hybridized carbons (Fsp3) is 0.250. The Hall–Kier alpha value is -3.12. The number of anilines is 1. The molecule has 1 aromatic heterocycles. The largest absolute Gasteiger partial charge is 0.369 e. The Morgan fingerprint density at radius 1 is 1.27 bits per heavy atom. The standard InChI is InChI=1S/C16H15N5O/c1-16(2,11-6-4-3-5-7-11)14(22)10-21-13(9-18)12(8-17)20-15(21)19/h3-7H,10H2,1-2H3,(H2,19,20). The molecule has 0 aliphatic carbocycles. The molecule has 0 atom stereocenters. The number of ketones is 1. The summed E-state index contributed by atoms with van der Waals surface area (Å²) < 4.78 is 1.28. The molecule has 22 heavy (non-hydrogen) atoms. The molecule has 0 radical (unpaired) electrons. The van der Waals surface area contributed by atoms with E-state index in [1.54, 1.807) is 6.07 Å². The molecule has 6 heteroatoms. The van der Waals surface area contributed by atoms with Crippen LogP contribution in [0.2, 0.25) is 0 Å². The maximum Gasteiger partial charge on any atom is 0.202 e. The summed E-state index contributed by atoms with van der Waals surface area (Å²) in [6, 6.07) is 13.0. The van der Waals surface area contributed by atoms with Crippen LogP contribution in [0.3, 0.4) is 0 Å². The Bertz CT molecular complexity index is 790. The lowest BCUT2D eigenvalue weighted by atomic mass is 9.80. The number of Topliss-reactive ketones (excluding diaryl/α,β-unsaturated/α-hetero) is 1. The third-order valence-corrected chi connectivity index (χ3v) is 3.70. The topological polar surface area (TPSA) is 108 Å². The van der Waals surface area contributed by atoms with Gasteiger partial charge in [-0.15, -0.1) is 0 Å². The van der Waals surface area contributed by atoms with E-state index in [-0.39, 0.29) is 29.7 Å². The number of nitrogen functional groups attached to an aromatic ring is 1. The Kier molecular flexibility index (Phi) is 3.96. The van der Waals surface area contributed by atoms with Gasteiger partial charge in [0.05, 0.1) is 12.0 Å². The van der Waals surface area contributed by atoms with E-state index in [1.165, 1.54) is 4.57 Å². The summed E-state index contributed by atoms with van der Waals surface area (Å²) in [7, 11) is 0. The number of hydrogen-bond donors (Lipinski definition) is 1. The molecule has 0 aliphatic heterocycles. The minimum atomic E-state index is -0.739. The SMILES string of the molecule is CC(C)(C(=O)Cn1c(N)nc(C#N)c1C#N)c1ccccc1. The molecule has 2 rings (SSSR count). The van der Waals surface area contributed by atoms with Gasteiger partial charge < -0.3 is 5.73 Å². The van der Waals surface area contributed by atoms with Crippen LogP contribution in [0.5, 0.6) is 0 Å². The maximum atomic E-state index is 12.7. The van der Waals surface area contributed by atoms with Crippen molar-refractivity contribution < 1.29 is 4.79 Å². The first-order valence-corrected chi connectivity index (χ1v) is 6.66.